The number of esters is 1. The van der Waals surface area contributed by atoms with Crippen molar-refractivity contribution in [2.75, 3.05) is 11.9 Å². The second-order valence-corrected chi connectivity index (χ2v) is 5.29. The maximum Gasteiger partial charge on any atom is 0.311 e. The summed E-state index contributed by atoms with van der Waals surface area (Å²) in [6, 6.07) is 4.72. The molecule has 2 atom stereocenters. The van der Waals surface area contributed by atoms with E-state index in [2.05, 4.69) is 5.32 Å². The number of non-ortho nitro benzene ring substituents is 1. The van der Waals surface area contributed by atoms with E-state index in [-0.39, 0.29) is 17.6 Å². The van der Waals surface area contributed by atoms with Crippen molar-refractivity contribution in [1.29, 1.82) is 0 Å². The van der Waals surface area contributed by atoms with Crippen LogP contribution < -0.4 is 5.32 Å². The summed E-state index contributed by atoms with van der Waals surface area (Å²) in [5.74, 6) is -0.598. The lowest BCUT2D eigenvalue weighted by Gasteiger charge is -2.30. The van der Waals surface area contributed by atoms with Crippen LogP contribution in [0.5, 0.6) is 0 Å². The van der Waals surface area contributed by atoms with Crippen LogP contribution in [0.4, 0.5) is 11.4 Å². The first kappa shape index (κ1) is 14.3. The van der Waals surface area contributed by atoms with E-state index < -0.39 is 10.5 Å². The van der Waals surface area contributed by atoms with E-state index in [1.807, 2.05) is 13.8 Å². The molecule has 1 aromatic rings. The molecule has 0 radical (unpaired) electrons. The number of carbonyl (C=O) groups excluding carboxylic acids is 1. The van der Waals surface area contributed by atoms with Crippen LogP contribution in [0.15, 0.2) is 18.2 Å². The highest BCUT2D eigenvalue weighted by molar-refractivity contribution is 5.76. The first-order chi connectivity index (χ1) is 9.37. The van der Waals surface area contributed by atoms with Crippen molar-refractivity contribution in [2.24, 2.45) is 5.92 Å². The van der Waals surface area contributed by atoms with Crippen molar-refractivity contribution < 1.29 is 14.5 Å². The van der Waals surface area contributed by atoms with Gasteiger partial charge in [-0.1, -0.05) is 0 Å². The molecule has 1 aliphatic heterocycles. The van der Waals surface area contributed by atoms with Crippen LogP contribution >= 0.6 is 0 Å². The molecule has 1 aromatic carbocycles. The summed E-state index contributed by atoms with van der Waals surface area (Å²) in [5.41, 5.74) is 1.29. The number of nitro groups is 1. The molecule has 0 fully saturated rings. The molecule has 1 heterocycles. The molecular weight excluding hydrogens is 260 g/mol. The largest absolute Gasteiger partial charge is 0.466 e. The normalized spacial score (nSPS) is 21.8. The number of hydrogen-bond acceptors (Lipinski definition) is 5. The molecule has 6 heteroatoms. The minimum atomic E-state index is -0.482. The molecule has 0 bridgehead atoms. The molecule has 0 aromatic heterocycles. The summed E-state index contributed by atoms with van der Waals surface area (Å²) < 4.78 is 5.05. The van der Waals surface area contributed by atoms with Gasteiger partial charge in [-0.3, -0.25) is 14.9 Å². The summed E-state index contributed by atoms with van der Waals surface area (Å²) in [6.45, 7) is 5.86. The van der Waals surface area contributed by atoms with Crippen LogP contribution in [0.1, 0.15) is 26.3 Å². The van der Waals surface area contributed by atoms with Crippen molar-refractivity contribution >= 4 is 17.3 Å². The molecule has 108 valence electrons. The SMILES string of the molecule is CCOC(=O)C(C)C1(C)Cc2cc([N+](=O)[O-])ccc2N1. The van der Waals surface area contributed by atoms with E-state index in [0.717, 1.165) is 11.3 Å². The number of fused-ring (bicyclic) bond motifs is 1. The third kappa shape index (κ3) is 2.45. The fourth-order valence-electron chi connectivity index (χ4n) is 2.50. The van der Waals surface area contributed by atoms with Crippen LogP contribution in [-0.2, 0) is 16.0 Å². The Morgan fingerprint density at radius 2 is 2.30 bits per heavy atom. The third-order valence-corrected chi connectivity index (χ3v) is 3.87. The van der Waals surface area contributed by atoms with E-state index in [0.29, 0.717) is 13.0 Å². The van der Waals surface area contributed by atoms with Gasteiger partial charge in [0.2, 0.25) is 0 Å². The number of anilines is 1. The van der Waals surface area contributed by atoms with Gasteiger partial charge < -0.3 is 10.1 Å². The van der Waals surface area contributed by atoms with Crippen molar-refractivity contribution in [1.82, 2.24) is 0 Å². The average molecular weight is 278 g/mol. The summed E-state index contributed by atoms with van der Waals surface area (Å²) in [6.07, 6.45) is 0.560. The van der Waals surface area contributed by atoms with Gasteiger partial charge in [0, 0.05) is 17.8 Å². The molecule has 2 unspecified atom stereocenters. The Hall–Kier alpha value is -2.11. The van der Waals surface area contributed by atoms with E-state index in [9.17, 15) is 14.9 Å². The van der Waals surface area contributed by atoms with Crippen molar-refractivity contribution in [3.05, 3.63) is 33.9 Å². The fourth-order valence-corrected chi connectivity index (χ4v) is 2.50. The first-order valence-corrected chi connectivity index (χ1v) is 6.59. The molecule has 0 amide bonds. The lowest BCUT2D eigenvalue weighted by atomic mass is 9.84. The van der Waals surface area contributed by atoms with Crippen LogP contribution in [0.25, 0.3) is 0 Å². The molecule has 1 aliphatic rings. The van der Waals surface area contributed by atoms with Gasteiger partial charge in [0.05, 0.1) is 23.0 Å². The van der Waals surface area contributed by atoms with Gasteiger partial charge in [-0.15, -0.1) is 0 Å². The van der Waals surface area contributed by atoms with Crippen LogP contribution in [0.3, 0.4) is 0 Å². The minimum absolute atomic E-state index is 0.0681. The van der Waals surface area contributed by atoms with Crippen molar-refractivity contribution in [2.45, 2.75) is 32.7 Å². The highest BCUT2D eigenvalue weighted by Crippen LogP contribution is 2.38. The van der Waals surface area contributed by atoms with E-state index in [4.69, 9.17) is 4.74 Å². The second-order valence-electron chi connectivity index (χ2n) is 5.29. The number of nitrogens with zero attached hydrogens (tertiary/aromatic N) is 1. The van der Waals surface area contributed by atoms with Gasteiger partial charge in [-0.05, 0) is 38.8 Å². The number of benzene rings is 1. The molecule has 0 saturated heterocycles. The summed E-state index contributed by atoms with van der Waals surface area (Å²) in [7, 11) is 0. The van der Waals surface area contributed by atoms with E-state index in [1.54, 1.807) is 19.1 Å². The average Bonchev–Trinajstić information content (AvgIpc) is 2.74. The summed E-state index contributed by atoms with van der Waals surface area (Å²) in [4.78, 5) is 22.3. The quantitative estimate of drug-likeness (QED) is 0.520. The maximum atomic E-state index is 11.9. The molecule has 2 rings (SSSR count). The van der Waals surface area contributed by atoms with Gasteiger partial charge >= 0.3 is 5.97 Å². The van der Waals surface area contributed by atoms with E-state index in [1.165, 1.54) is 6.07 Å². The predicted molar refractivity (Wildman–Crippen MR) is 74.6 cm³/mol. The molecular formula is C14H18N2O4. The molecule has 0 aliphatic carbocycles. The van der Waals surface area contributed by atoms with Gasteiger partial charge in [0.25, 0.3) is 5.69 Å². The highest BCUT2D eigenvalue weighted by atomic mass is 16.6. The summed E-state index contributed by atoms with van der Waals surface area (Å²) in [5, 5.41) is 14.1. The lowest BCUT2D eigenvalue weighted by Crippen LogP contribution is -2.44. The Morgan fingerprint density at radius 1 is 1.60 bits per heavy atom. The highest BCUT2D eigenvalue weighted by Gasteiger charge is 2.41. The van der Waals surface area contributed by atoms with E-state index >= 15 is 0 Å². The molecule has 6 nitrogen and oxygen atoms in total. The predicted octanol–water partition coefficient (Wildman–Crippen LogP) is 2.52. The Kier molecular flexibility index (Phi) is 3.65. The number of carbonyl (C=O) groups is 1. The van der Waals surface area contributed by atoms with Gasteiger partial charge in [0.15, 0.2) is 0 Å². The molecule has 1 N–H and O–H groups in total. The zero-order valence-corrected chi connectivity index (χ0v) is 11.8. The number of nitrogens with one attached hydrogen (secondary N) is 1. The zero-order valence-electron chi connectivity index (χ0n) is 11.8. The fraction of sp³-hybridized carbons (Fsp3) is 0.500. The monoisotopic (exact) mass is 278 g/mol. The number of nitro benzene ring substituents is 1. The number of hydrogen-bond donors (Lipinski definition) is 1. The smallest absolute Gasteiger partial charge is 0.311 e. The van der Waals surface area contributed by atoms with Crippen LogP contribution in [0.2, 0.25) is 0 Å². The topological polar surface area (TPSA) is 81.5 Å². The standard InChI is InChI=1S/C14H18N2O4/c1-4-20-13(17)9(2)14(3)8-10-7-11(16(18)19)5-6-12(10)15-14/h5-7,9,15H,4,8H2,1-3H3. The number of ether oxygens (including phenoxy) is 1. The lowest BCUT2D eigenvalue weighted by molar-refractivity contribution is -0.384. The second kappa shape index (κ2) is 5.11. The molecule has 0 saturated carbocycles. The number of rotatable bonds is 4. The first-order valence-electron chi connectivity index (χ1n) is 6.59. The van der Waals surface area contributed by atoms with Crippen molar-refractivity contribution in [3.63, 3.8) is 0 Å². The maximum absolute atomic E-state index is 11.9. The van der Waals surface area contributed by atoms with Crippen molar-refractivity contribution in [3.8, 4) is 0 Å². The summed E-state index contributed by atoms with van der Waals surface area (Å²) >= 11 is 0. The van der Waals surface area contributed by atoms with Crippen LogP contribution in [-0.4, -0.2) is 23.0 Å². The third-order valence-electron chi connectivity index (χ3n) is 3.87. The Balaban J connectivity index is 2.23. The zero-order chi connectivity index (χ0) is 14.9. The Bertz CT molecular complexity index is 558. The Labute approximate surface area is 117 Å². The Morgan fingerprint density at radius 3 is 2.90 bits per heavy atom. The van der Waals surface area contributed by atoms with Gasteiger partial charge in [0.1, 0.15) is 0 Å². The van der Waals surface area contributed by atoms with Gasteiger partial charge in [-0.25, -0.2) is 0 Å². The molecule has 20 heavy (non-hydrogen) atoms. The van der Waals surface area contributed by atoms with Gasteiger partial charge in [-0.2, -0.15) is 0 Å². The molecule has 0 spiro atoms. The minimum Gasteiger partial charge on any atom is -0.466 e. The van der Waals surface area contributed by atoms with Crippen LogP contribution in [0, 0.1) is 16.0 Å².